The summed E-state index contributed by atoms with van der Waals surface area (Å²) in [6, 6.07) is 13.7. The van der Waals surface area contributed by atoms with Crippen LogP contribution in [0.3, 0.4) is 0 Å². The molecule has 2 unspecified atom stereocenters. The van der Waals surface area contributed by atoms with E-state index in [9.17, 15) is 31.1 Å². The second kappa shape index (κ2) is 13.3. The highest BCUT2D eigenvalue weighted by Crippen LogP contribution is 2.40. The number of hydrogen-bond acceptors (Lipinski definition) is 5. The molecule has 5 rings (SSSR count). The topological polar surface area (TPSA) is 44.7 Å². The lowest BCUT2D eigenvalue weighted by Gasteiger charge is -2.35. The lowest BCUT2D eigenvalue weighted by molar-refractivity contribution is -0.143. The van der Waals surface area contributed by atoms with Gasteiger partial charge in [0, 0.05) is 23.2 Å². The van der Waals surface area contributed by atoms with Crippen molar-refractivity contribution in [2.45, 2.75) is 56.5 Å². The zero-order chi connectivity index (χ0) is 31.5. The van der Waals surface area contributed by atoms with Gasteiger partial charge in [-0.05, 0) is 92.5 Å². The Morgan fingerprint density at radius 2 is 1.68 bits per heavy atom. The van der Waals surface area contributed by atoms with E-state index in [1.54, 1.807) is 11.8 Å². The van der Waals surface area contributed by atoms with Crippen LogP contribution in [0.5, 0.6) is 0 Å². The SMILES string of the molecule is CC1(C(CCN2CCC(c3ccccc3)CC2)C(=O)NCc2cc(C(F)(F)F)cc(C(F)(F)F)c2)CSC(c2ccsc2)=N1. The van der Waals surface area contributed by atoms with Crippen molar-refractivity contribution >= 4 is 34.0 Å². The summed E-state index contributed by atoms with van der Waals surface area (Å²) in [7, 11) is 0. The van der Waals surface area contributed by atoms with E-state index < -0.39 is 47.4 Å². The first kappa shape index (κ1) is 32.6. The van der Waals surface area contributed by atoms with E-state index in [4.69, 9.17) is 4.99 Å². The van der Waals surface area contributed by atoms with E-state index in [1.807, 2.05) is 41.9 Å². The molecule has 1 saturated heterocycles. The van der Waals surface area contributed by atoms with Gasteiger partial charge < -0.3 is 10.2 Å². The van der Waals surface area contributed by atoms with Crippen LogP contribution in [0.4, 0.5) is 26.3 Å². The molecule has 0 spiro atoms. The van der Waals surface area contributed by atoms with Gasteiger partial charge in [-0.15, -0.1) is 11.8 Å². The van der Waals surface area contributed by atoms with Gasteiger partial charge in [0.1, 0.15) is 0 Å². The number of nitrogens with one attached hydrogen (secondary N) is 1. The minimum absolute atomic E-state index is 0.0898. The highest BCUT2D eigenvalue weighted by molar-refractivity contribution is 8.14. The van der Waals surface area contributed by atoms with Crippen LogP contribution < -0.4 is 5.32 Å². The standard InChI is InChI=1S/C32H33F6N3OS2/c1-30(20-44-29(40-30)24-10-14-43-19-24)27(9-13-41-11-7-23(8-12-41)22-5-3-2-4-6-22)28(42)39-18-21-15-25(31(33,34)35)17-26(16-21)32(36,37)38/h2-6,10,14-17,19,23,27H,7-9,11-13,18,20H2,1H3,(H,39,42). The maximum absolute atomic E-state index is 13.7. The van der Waals surface area contributed by atoms with Gasteiger partial charge >= 0.3 is 12.4 Å². The fourth-order valence-electron chi connectivity index (χ4n) is 5.91. The van der Waals surface area contributed by atoms with Crippen molar-refractivity contribution in [2.24, 2.45) is 10.9 Å². The Balaban J connectivity index is 1.31. The molecule has 2 aromatic carbocycles. The molecule has 44 heavy (non-hydrogen) atoms. The van der Waals surface area contributed by atoms with Crippen LogP contribution in [0.2, 0.25) is 0 Å². The molecule has 0 aliphatic carbocycles. The van der Waals surface area contributed by atoms with E-state index in [0.717, 1.165) is 36.5 Å². The van der Waals surface area contributed by atoms with Gasteiger partial charge in [-0.25, -0.2) is 0 Å². The first-order valence-electron chi connectivity index (χ1n) is 14.4. The third kappa shape index (κ3) is 7.87. The number of thiophene rings is 1. The largest absolute Gasteiger partial charge is 0.416 e. The number of alkyl halides is 6. The number of halogens is 6. The van der Waals surface area contributed by atoms with Crippen molar-refractivity contribution < 1.29 is 31.1 Å². The number of carbonyl (C=O) groups is 1. The molecule has 3 aromatic rings. The summed E-state index contributed by atoms with van der Waals surface area (Å²) in [5, 5.41) is 7.41. The number of nitrogens with zero attached hydrogens (tertiary/aromatic N) is 2. The fourth-order valence-corrected chi connectivity index (χ4v) is 7.89. The van der Waals surface area contributed by atoms with Crippen LogP contribution in [0, 0.1) is 5.92 Å². The maximum Gasteiger partial charge on any atom is 0.416 e. The zero-order valence-electron chi connectivity index (χ0n) is 24.0. The van der Waals surface area contributed by atoms with Crippen molar-refractivity contribution in [1.82, 2.24) is 10.2 Å². The van der Waals surface area contributed by atoms with E-state index in [-0.39, 0.29) is 11.6 Å². The van der Waals surface area contributed by atoms with Crippen molar-refractivity contribution in [2.75, 3.05) is 25.4 Å². The van der Waals surface area contributed by atoms with Crippen molar-refractivity contribution in [3.05, 3.63) is 93.2 Å². The number of benzene rings is 2. The number of likely N-dealkylation sites (tertiary alicyclic amines) is 1. The minimum atomic E-state index is -4.96. The summed E-state index contributed by atoms with van der Waals surface area (Å²) >= 11 is 3.09. The number of rotatable bonds is 9. The lowest BCUT2D eigenvalue weighted by Crippen LogP contribution is -2.46. The highest BCUT2D eigenvalue weighted by atomic mass is 32.2. The molecule has 12 heteroatoms. The van der Waals surface area contributed by atoms with Crippen LogP contribution in [0.15, 0.2) is 70.3 Å². The van der Waals surface area contributed by atoms with Gasteiger partial charge in [0.05, 0.1) is 27.6 Å². The predicted octanol–water partition coefficient (Wildman–Crippen LogP) is 8.24. The molecule has 2 aliphatic rings. The van der Waals surface area contributed by atoms with Gasteiger partial charge in [-0.3, -0.25) is 9.79 Å². The Bertz CT molecular complexity index is 1420. The average Bonchev–Trinajstić information content (AvgIpc) is 3.67. The fraction of sp³-hybridized carbons (Fsp3) is 0.438. The van der Waals surface area contributed by atoms with Crippen LogP contribution in [0.1, 0.15) is 59.9 Å². The molecule has 3 heterocycles. The average molecular weight is 654 g/mol. The number of amides is 1. The summed E-state index contributed by atoms with van der Waals surface area (Å²) in [5.41, 5.74) is -1.59. The second-order valence-corrected chi connectivity index (χ2v) is 13.3. The van der Waals surface area contributed by atoms with Crippen LogP contribution >= 0.6 is 23.1 Å². The molecule has 4 nitrogen and oxygen atoms in total. The molecule has 0 bridgehead atoms. The number of aliphatic imine (C=N–C) groups is 1. The first-order valence-corrected chi connectivity index (χ1v) is 16.3. The Morgan fingerprint density at radius 1 is 1.02 bits per heavy atom. The summed E-state index contributed by atoms with van der Waals surface area (Å²) in [5.74, 6) is -0.0600. The number of hydrogen-bond donors (Lipinski definition) is 1. The first-order chi connectivity index (χ1) is 20.8. The van der Waals surface area contributed by atoms with Gasteiger partial charge in [0.25, 0.3) is 0 Å². The molecule has 0 radical (unpaired) electrons. The van der Waals surface area contributed by atoms with E-state index in [1.165, 1.54) is 16.9 Å². The van der Waals surface area contributed by atoms with Crippen molar-refractivity contribution in [1.29, 1.82) is 0 Å². The molecule has 1 aromatic heterocycles. The van der Waals surface area contributed by atoms with Crippen molar-refractivity contribution in [3.8, 4) is 0 Å². The second-order valence-electron chi connectivity index (χ2n) is 11.6. The molecule has 236 valence electrons. The number of thioether (sulfide) groups is 1. The maximum atomic E-state index is 13.7. The molecule has 2 aliphatic heterocycles. The zero-order valence-corrected chi connectivity index (χ0v) is 25.7. The van der Waals surface area contributed by atoms with E-state index in [0.29, 0.717) is 36.8 Å². The molecular formula is C32H33F6N3OS2. The summed E-state index contributed by atoms with van der Waals surface area (Å²) in [6.45, 7) is 3.80. The quantitative estimate of drug-likeness (QED) is 0.237. The molecule has 2 atom stereocenters. The smallest absolute Gasteiger partial charge is 0.352 e. The van der Waals surface area contributed by atoms with E-state index in [2.05, 4.69) is 22.3 Å². The lowest BCUT2D eigenvalue weighted by atomic mass is 9.83. The Hall–Kier alpha value is -2.83. The third-order valence-corrected chi connectivity index (χ3v) is 10.4. The van der Waals surface area contributed by atoms with Crippen LogP contribution in [-0.2, 0) is 23.7 Å². The number of carbonyl (C=O) groups excluding carboxylic acids is 1. The highest BCUT2D eigenvalue weighted by Gasteiger charge is 2.43. The molecule has 1 N–H and O–H groups in total. The van der Waals surface area contributed by atoms with E-state index >= 15 is 0 Å². The minimum Gasteiger partial charge on any atom is -0.352 e. The normalized spacial score (nSPS) is 20.8. The monoisotopic (exact) mass is 653 g/mol. The molecule has 1 fully saturated rings. The van der Waals surface area contributed by atoms with Gasteiger partial charge in [0.15, 0.2) is 0 Å². The predicted molar refractivity (Wildman–Crippen MR) is 163 cm³/mol. The Kier molecular flexibility index (Phi) is 9.81. The third-order valence-electron chi connectivity index (χ3n) is 8.40. The van der Waals surface area contributed by atoms with Crippen LogP contribution in [0.25, 0.3) is 0 Å². The number of piperidine rings is 1. The molecule has 1 amide bonds. The van der Waals surface area contributed by atoms with Crippen molar-refractivity contribution in [3.63, 3.8) is 0 Å². The Labute approximate surface area is 260 Å². The summed E-state index contributed by atoms with van der Waals surface area (Å²) in [4.78, 5) is 21.0. The summed E-state index contributed by atoms with van der Waals surface area (Å²) < 4.78 is 80.4. The van der Waals surface area contributed by atoms with Crippen LogP contribution in [-0.4, -0.2) is 46.8 Å². The van der Waals surface area contributed by atoms with Gasteiger partial charge in [-0.1, -0.05) is 30.3 Å². The Morgan fingerprint density at radius 3 is 2.27 bits per heavy atom. The molecule has 0 saturated carbocycles. The molecular weight excluding hydrogens is 620 g/mol. The summed E-state index contributed by atoms with van der Waals surface area (Å²) in [6.07, 6.45) is -7.48. The van der Waals surface area contributed by atoms with Gasteiger partial charge in [-0.2, -0.15) is 37.7 Å². The van der Waals surface area contributed by atoms with Gasteiger partial charge in [0.2, 0.25) is 5.91 Å².